The molecule has 0 spiro atoms. The predicted molar refractivity (Wildman–Crippen MR) is 123 cm³/mol. The summed E-state index contributed by atoms with van der Waals surface area (Å²) in [6.07, 6.45) is 3.84. The van der Waals surface area contributed by atoms with E-state index >= 15 is 0 Å². The van der Waals surface area contributed by atoms with Gasteiger partial charge in [0, 0.05) is 24.0 Å². The zero-order valence-corrected chi connectivity index (χ0v) is 18.0. The largest absolute Gasteiger partial charge is 0.348 e. The minimum Gasteiger partial charge on any atom is -0.348 e. The number of hydrogen-bond donors (Lipinski definition) is 2. The van der Waals surface area contributed by atoms with Gasteiger partial charge in [0.05, 0.1) is 17.5 Å². The van der Waals surface area contributed by atoms with Gasteiger partial charge >= 0.3 is 0 Å². The van der Waals surface area contributed by atoms with Crippen molar-refractivity contribution in [1.29, 1.82) is 0 Å². The SMILES string of the molecule is CCc1c(C(=O)NCc2cccc(NC(=O)c3ccc(F)cc3)c2)cnn1-c1ccccn1. The lowest BCUT2D eigenvalue weighted by molar-refractivity contribution is 0.0949. The normalized spacial score (nSPS) is 10.6. The highest BCUT2D eigenvalue weighted by atomic mass is 19.1. The smallest absolute Gasteiger partial charge is 0.255 e. The molecule has 2 heterocycles. The number of carbonyl (C=O) groups excluding carboxylic acids is 2. The van der Waals surface area contributed by atoms with E-state index in [1.54, 1.807) is 35.3 Å². The summed E-state index contributed by atoms with van der Waals surface area (Å²) in [4.78, 5) is 29.5. The van der Waals surface area contributed by atoms with Gasteiger partial charge in [-0.05, 0) is 60.5 Å². The lowest BCUT2D eigenvalue weighted by atomic mass is 10.1. The van der Waals surface area contributed by atoms with Crippen LogP contribution in [0.1, 0.15) is 38.9 Å². The monoisotopic (exact) mass is 443 g/mol. The number of amides is 2. The van der Waals surface area contributed by atoms with E-state index in [1.807, 2.05) is 31.2 Å². The fourth-order valence-electron chi connectivity index (χ4n) is 3.42. The number of halogens is 1. The summed E-state index contributed by atoms with van der Waals surface area (Å²) in [6.45, 7) is 2.23. The summed E-state index contributed by atoms with van der Waals surface area (Å²) in [5.41, 5.74) is 3.01. The number of nitrogens with zero attached hydrogens (tertiary/aromatic N) is 3. The van der Waals surface area contributed by atoms with Crippen molar-refractivity contribution >= 4 is 17.5 Å². The molecule has 4 aromatic rings. The summed E-state index contributed by atoms with van der Waals surface area (Å²) < 4.78 is 14.7. The number of aromatic nitrogens is 3. The van der Waals surface area contributed by atoms with Crippen molar-refractivity contribution in [2.75, 3.05) is 5.32 Å². The van der Waals surface area contributed by atoms with E-state index in [0.29, 0.717) is 29.1 Å². The van der Waals surface area contributed by atoms with Crippen molar-refractivity contribution in [1.82, 2.24) is 20.1 Å². The Morgan fingerprint density at radius 1 is 1.00 bits per heavy atom. The highest BCUT2D eigenvalue weighted by molar-refractivity contribution is 6.04. The maximum absolute atomic E-state index is 13.1. The minimum absolute atomic E-state index is 0.241. The van der Waals surface area contributed by atoms with Crippen LogP contribution in [0.15, 0.2) is 79.1 Å². The van der Waals surface area contributed by atoms with E-state index < -0.39 is 5.82 Å². The van der Waals surface area contributed by atoms with Gasteiger partial charge in [0.1, 0.15) is 5.82 Å². The van der Waals surface area contributed by atoms with Crippen LogP contribution in [0, 0.1) is 5.82 Å². The first-order chi connectivity index (χ1) is 16.0. The molecule has 0 aliphatic carbocycles. The van der Waals surface area contributed by atoms with Gasteiger partial charge in [0.2, 0.25) is 0 Å². The van der Waals surface area contributed by atoms with Crippen molar-refractivity contribution in [3.63, 3.8) is 0 Å². The number of carbonyl (C=O) groups is 2. The van der Waals surface area contributed by atoms with Crippen LogP contribution in [0.25, 0.3) is 5.82 Å². The van der Waals surface area contributed by atoms with Crippen molar-refractivity contribution in [3.05, 3.63) is 107 Å². The molecule has 2 amide bonds. The number of nitrogens with one attached hydrogen (secondary N) is 2. The molecule has 0 aliphatic rings. The second-order valence-corrected chi connectivity index (χ2v) is 7.30. The molecule has 33 heavy (non-hydrogen) atoms. The Hall–Kier alpha value is -4.33. The van der Waals surface area contributed by atoms with Gasteiger partial charge < -0.3 is 10.6 Å². The fraction of sp³-hybridized carbons (Fsp3) is 0.120. The molecule has 4 rings (SSSR count). The van der Waals surface area contributed by atoms with Crippen LogP contribution >= 0.6 is 0 Å². The molecule has 8 heteroatoms. The van der Waals surface area contributed by atoms with Gasteiger partial charge in [-0.2, -0.15) is 5.10 Å². The highest BCUT2D eigenvalue weighted by Crippen LogP contribution is 2.16. The molecule has 0 fully saturated rings. The Morgan fingerprint density at radius 2 is 1.82 bits per heavy atom. The minimum atomic E-state index is -0.402. The van der Waals surface area contributed by atoms with Crippen LogP contribution < -0.4 is 10.6 Å². The number of rotatable bonds is 7. The Labute approximate surface area is 190 Å². The zero-order valence-electron chi connectivity index (χ0n) is 18.0. The van der Waals surface area contributed by atoms with Gasteiger partial charge in [0.15, 0.2) is 5.82 Å². The molecule has 7 nitrogen and oxygen atoms in total. The van der Waals surface area contributed by atoms with Crippen molar-refractivity contribution in [3.8, 4) is 5.82 Å². The van der Waals surface area contributed by atoms with Crippen LogP contribution in [0.4, 0.5) is 10.1 Å². The van der Waals surface area contributed by atoms with E-state index in [-0.39, 0.29) is 18.4 Å². The van der Waals surface area contributed by atoms with E-state index in [1.165, 1.54) is 24.3 Å². The number of benzene rings is 2. The number of pyridine rings is 1. The van der Waals surface area contributed by atoms with Crippen LogP contribution in [0.2, 0.25) is 0 Å². The van der Waals surface area contributed by atoms with Crippen LogP contribution in [-0.4, -0.2) is 26.6 Å². The molecule has 2 N–H and O–H groups in total. The molecular weight excluding hydrogens is 421 g/mol. The second-order valence-electron chi connectivity index (χ2n) is 7.30. The lowest BCUT2D eigenvalue weighted by Crippen LogP contribution is -2.24. The topological polar surface area (TPSA) is 88.9 Å². The molecule has 0 aliphatic heterocycles. The third-order valence-electron chi connectivity index (χ3n) is 5.06. The third kappa shape index (κ3) is 5.12. The quantitative estimate of drug-likeness (QED) is 0.449. The van der Waals surface area contributed by atoms with E-state index in [0.717, 1.165) is 11.3 Å². The average Bonchev–Trinajstić information content (AvgIpc) is 3.28. The third-order valence-corrected chi connectivity index (χ3v) is 5.06. The van der Waals surface area contributed by atoms with Crippen LogP contribution in [0.5, 0.6) is 0 Å². The first-order valence-electron chi connectivity index (χ1n) is 10.5. The molecule has 0 radical (unpaired) electrons. The standard InChI is InChI=1S/C25H22FN5O2/c1-2-22-21(16-29-31(22)23-8-3-4-13-27-23)25(33)28-15-17-6-5-7-20(14-17)30-24(32)18-9-11-19(26)12-10-18/h3-14,16H,2,15H2,1H3,(H,28,33)(H,30,32). The summed E-state index contributed by atoms with van der Waals surface area (Å²) >= 11 is 0. The Kier molecular flexibility index (Phi) is 6.54. The van der Waals surface area contributed by atoms with Gasteiger partial charge in [-0.25, -0.2) is 14.1 Å². The summed E-state index contributed by atoms with van der Waals surface area (Å²) in [5.74, 6) is -0.334. The van der Waals surface area contributed by atoms with E-state index in [2.05, 4.69) is 20.7 Å². The molecule has 0 saturated carbocycles. The molecule has 2 aromatic heterocycles. The van der Waals surface area contributed by atoms with Crippen molar-refractivity contribution in [2.24, 2.45) is 0 Å². The summed E-state index contributed by atoms with van der Waals surface area (Å²) in [7, 11) is 0. The summed E-state index contributed by atoms with van der Waals surface area (Å²) in [6, 6.07) is 18.0. The van der Waals surface area contributed by atoms with E-state index in [4.69, 9.17) is 0 Å². The Bertz CT molecular complexity index is 1270. The first kappa shape index (κ1) is 21.9. The van der Waals surface area contributed by atoms with Crippen molar-refractivity contribution < 1.29 is 14.0 Å². The predicted octanol–water partition coefficient (Wildman–Crippen LogP) is 4.15. The Morgan fingerprint density at radius 3 is 2.55 bits per heavy atom. The maximum atomic E-state index is 13.1. The lowest BCUT2D eigenvalue weighted by Gasteiger charge is -2.10. The van der Waals surface area contributed by atoms with Crippen LogP contribution in [0.3, 0.4) is 0 Å². The number of hydrogen-bond acceptors (Lipinski definition) is 4. The average molecular weight is 443 g/mol. The maximum Gasteiger partial charge on any atom is 0.255 e. The molecule has 0 bridgehead atoms. The number of anilines is 1. The van der Waals surface area contributed by atoms with Gasteiger partial charge in [0.25, 0.3) is 11.8 Å². The molecule has 0 unspecified atom stereocenters. The molecule has 0 atom stereocenters. The molecule has 2 aromatic carbocycles. The van der Waals surface area contributed by atoms with Crippen molar-refractivity contribution in [2.45, 2.75) is 19.9 Å². The molecule has 0 saturated heterocycles. The zero-order chi connectivity index (χ0) is 23.2. The van der Waals surface area contributed by atoms with E-state index in [9.17, 15) is 14.0 Å². The van der Waals surface area contributed by atoms with Gasteiger partial charge in [-0.15, -0.1) is 0 Å². The molecule has 166 valence electrons. The summed E-state index contributed by atoms with van der Waals surface area (Å²) in [5, 5.41) is 10.0. The van der Waals surface area contributed by atoms with Gasteiger partial charge in [-0.1, -0.05) is 25.1 Å². The second kappa shape index (κ2) is 9.86. The first-order valence-corrected chi connectivity index (χ1v) is 10.5. The van der Waals surface area contributed by atoms with Crippen LogP contribution in [-0.2, 0) is 13.0 Å². The highest BCUT2D eigenvalue weighted by Gasteiger charge is 2.17. The Balaban J connectivity index is 1.42. The fourth-order valence-corrected chi connectivity index (χ4v) is 3.42. The van der Waals surface area contributed by atoms with Gasteiger partial charge in [-0.3, -0.25) is 9.59 Å². The molecular formula is C25H22FN5O2.